The maximum atomic E-state index is 12.8. The first-order valence-electron chi connectivity index (χ1n) is 11.4. The van der Waals surface area contributed by atoms with Crippen LogP contribution in [0.15, 0.2) is 47.0 Å². The molecule has 1 aliphatic heterocycles. The number of nitrogens with zero attached hydrogens (tertiary/aromatic N) is 4. The predicted molar refractivity (Wildman–Crippen MR) is 125 cm³/mol. The van der Waals surface area contributed by atoms with Gasteiger partial charge >= 0.3 is 6.03 Å². The number of aryl methyl sites for hydroxylation is 1. The zero-order chi connectivity index (χ0) is 22.1. The Kier molecular flexibility index (Phi) is 5.55. The summed E-state index contributed by atoms with van der Waals surface area (Å²) in [7, 11) is 0. The van der Waals surface area contributed by atoms with Gasteiger partial charge in [0.2, 0.25) is 11.7 Å². The maximum absolute atomic E-state index is 12.8. The van der Waals surface area contributed by atoms with Gasteiger partial charge in [0, 0.05) is 49.0 Å². The van der Waals surface area contributed by atoms with E-state index in [4.69, 9.17) is 4.52 Å². The quantitative estimate of drug-likeness (QED) is 0.631. The summed E-state index contributed by atoms with van der Waals surface area (Å²) in [6, 6.07) is 14.0. The molecule has 2 aromatic carbocycles. The zero-order valence-corrected chi connectivity index (χ0v) is 18.7. The van der Waals surface area contributed by atoms with E-state index in [1.54, 1.807) is 0 Å². The lowest BCUT2D eigenvalue weighted by Crippen LogP contribution is -2.50. The lowest BCUT2D eigenvalue weighted by atomic mass is 9.85. The van der Waals surface area contributed by atoms with Gasteiger partial charge < -0.3 is 19.6 Å². The number of nitrogens with one attached hydrogen (secondary N) is 1. The Bertz CT molecular complexity index is 1100. The maximum Gasteiger partial charge on any atom is 0.321 e. The second-order valence-electron chi connectivity index (χ2n) is 8.78. The van der Waals surface area contributed by atoms with Gasteiger partial charge in [-0.1, -0.05) is 23.7 Å². The molecule has 5 rings (SSSR count). The molecule has 7 nitrogen and oxygen atoms in total. The Morgan fingerprint density at radius 3 is 2.47 bits per heavy atom. The van der Waals surface area contributed by atoms with Gasteiger partial charge in [-0.25, -0.2) is 4.79 Å². The molecule has 2 heterocycles. The van der Waals surface area contributed by atoms with Crippen LogP contribution in [0.2, 0.25) is 0 Å². The molecule has 2 fully saturated rings. The number of anilines is 2. The molecule has 0 spiro atoms. The molecule has 2 aliphatic rings. The van der Waals surface area contributed by atoms with Crippen molar-refractivity contribution in [3.8, 4) is 11.4 Å². The normalized spacial score (nSPS) is 16.7. The molecule has 2 amide bonds. The van der Waals surface area contributed by atoms with E-state index in [2.05, 4.69) is 52.4 Å². The average Bonchev–Trinajstić information content (AvgIpc) is 3.24. The van der Waals surface area contributed by atoms with Crippen LogP contribution in [0.5, 0.6) is 0 Å². The molecule has 0 atom stereocenters. The average molecular weight is 432 g/mol. The van der Waals surface area contributed by atoms with Gasteiger partial charge in [-0.2, -0.15) is 4.98 Å². The molecule has 3 aromatic rings. The smallest absolute Gasteiger partial charge is 0.321 e. The third-order valence-corrected chi connectivity index (χ3v) is 6.77. The van der Waals surface area contributed by atoms with Gasteiger partial charge in [-0.15, -0.1) is 0 Å². The fourth-order valence-electron chi connectivity index (χ4n) is 4.31. The summed E-state index contributed by atoms with van der Waals surface area (Å²) in [6.45, 7) is 7.36. The van der Waals surface area contributed by atoms with Gasteiger partial charge in [-0.3, -0.25) is 0 Å². The molecule has 0 unspecified atom stereocenters. The first-order chi connectivity index (χ1) is 15.6. The molecular formula is C25H29N5O2. The number of benzene rings is 2. The number of piperazine rings is 1. The highest BCUT2D eigenvalue weighted by molar-refractivity contribution is 5.89. The van der Waals surface area contributed by atoms with Crippen molar-refractivity contribution in [1.29, 1.82) is 0 Å². The van der Waals surface area contributed by atoms with Crippen molar-refractivity contribution in [2.24, 2.45) is 0 Å². The van der Waals surface area contributed by atoms with Crippen molar-refractivity contribution in [2.75, 3.05) is 36.4 Å². The van der Waals surface area contributed by atoms with Crippen LogP contribution in [0, 0.1) is 13.8 Å². The summed E-state index contributed by atoms with van der Waals surface area (Å²) < 4.78 is 5.41. The second kappa shape index (κ2) is 8.65. The van der Waals surface area contributed by atoms with Gasteiger partial charge in [0.25, 0.3) is 0 Å². The minimum atomic E-state index is -0.0646. The first-order valence-corrected chi connectivity index (χ1v) is 11.4. The van der Waals surface area contributed by atoms with E-state index < -0.39 is 0 Å². The third kappa shape index (κ3) is 4.07. The molecule has 0 bridgehead atoms. The van der Waals surface area contributed by atoms with Gasteiger partial charge in [0.05, 0.1) is 0 Å². The van der Waals surface area contributed by atoms with Crippen molar-refractivity contribution in [1.82, 2.24) is 15.0 Å². The Balaban J connectivity index is 1.17. The van der Waals surface area contributed by atoms with Crippen molar-refractivity contribution < 1.29 is 9.32 Å². The minimum absolute atomic E-state index is 0.0646. The van der Waals surface area contributed by atoms with Crippen molar-refractivity contribution in [2.45, 2.75) is 39.0 Å². The molecule has 7 heteroatoms. The van der Waals surface area contributed by atoms with Crippen LogP contribution in [0.25, 0.3) is 11.4 Å². The second-order valence-corrected chi connectivity index (χ2v) is 8.78. The van der Waals surface area contributed by atoms with Crippen LogP contribution in [0.1, 0.15) is 42.2 Å². The molecule has 0 radical (unpaired) electrons. The van der Waals surface area contributed by atoms with Crippen LogP contribution in [0.3, 0.4) is 0 Å². The van der Waals surface area contributed by atoms with E-state index in [-0.39, 0.29) is 6.03 Å². The van der Waals surface area contributed by atoms with E-state index in [1.165, 1.54) is 23.2 Å². The minimum Gasteiger partial charge on any atom is -0.368 e. The van der Waals surface area contributed by atoms with Gasteiger partial charge in [0.1, 0.15) is 0 Å². The Morgan fingerprint density at radius 1 is 1.03 bits per heavy atom. The summed E-state index contributed by atoms with van der Waals surface area (Å²) in [6.07, 6.45) is 3.49. The molecule has 1 aromatic heterocycles. The highest BCUT2D eigenvalue weighted by atomic mass is 16.5. The van der Waals surface area contributed by atoms with Crippen LogP contribution in [-0.2, 0) is 0 Å². The SMILES string of the molecule is Cc1cccc(N2CCN(C(=O)Nc3ccc(-c4noc(C5CCC5)n4)cc3)CC2)c1C. The largest absolute Gasteiger partial charge is 0.368 e. The van der Waals surface area contributed by atoms with Crippen LogP contribution in [0.4, 0.5) is 16.2 Å². The number of aromatic nitrogens is 2. The molecular weight excluding hydrogens is 402 g/mol. The lowest BCUT2D eigenvalue weighted by Gasteiger charge is -2.37. The topological polar surface area (TPSA) is 74.5 Å². The lowest BCUT2D eigenvalue weighted by molar-refractivity contribution is 0.208. The van der Waals surface area contributed by atoms with E-state index in [1.807, 2.05) is 29.2 Å². The molecule has 1 N–H and O–H groups in total. The van der Waals surface area contributed by atoms with Crippen molar-refractivity contribution in [3.63, 3.8) is 0 Å². The van der Waals surface area contributed by atoms with Crippen molar-refractivity contribution >= 4 is 17.4 Å². The fourth-order valence-corrected chi connectivity index (χ4v) is 4.31. The summed E-state index contributed by atoms with van der Waals surface area (Å²) in [4.78, 5) is 21.5. The number of urea groups is 1. The number of rotatable bonds is 4. The van der Waals surface area contributed by atoms with Crippen LogP contribution < -0.4 is 10.2 Å². The molecule has 166 valence electrons. The van der Waals surface area contributed by atoms with E-state index >= 15 is 0 Å². The number of carbonyl (C=O) groups is 1. The summed E-state index contributed by atoms with van der Waals surface area (Å²) >= 11 is 0. The zero-order valence-electron chi connectivity index (χ0n) is 18.7. The number of carbonyl (C=O) groups excluding carboxylic acids is 1. The Labute approximate surface area is 188 Å². The summed E-state index contributed by atoms with van der Waals surface area (Å²) in [5.41, 5.74) is 5.53. The van der Waals surface area contributed by atoms with Crippen LogP contribution >= 0.6 is 0 Å². The molecule has 1 saturated carbocycles. The standard InChI is InChI=1S/C25H29N5O2/c1-17-5-3-8-22(18(17)2)29-13-15-30(16-14-29)25(31)26-21-11-9-19(10-12-21)23-27-24(32-28-23)20-6-4-7-20/h3,5,8-12,20H,4,6-7,13-16H2,1-2H3,(H,26,31). The van der Waals surface area contributed by atoms with Gasteiger partial charge in [-0.05, 0) is 68.1 Å². The van der Waals surface area contributed by atoms with Gasteiger partial charge in [0.15, 0.2) is 0 Å². The fraction of sp³-hybridized carbons (Fsp3) is 0.400. The highest BCUT2D eigenvalue weighted by Crippen LogP contribution is 2.36. The Hall–Kier alpha value is -3.35. The summed E-state index contributed by atoms with van der Waals surface area (Å²) in [5, 5.41) is 7.12. The van der Waals surface area contributed by atoms with Crippen molar-refractivity contribution in [3.05, 3.63) is 59.5 Å². The van der Waals surface area contributed by atoms with E-state index in [0.29, 0.717) is 24.8 Å². The van der Waals surface area contributed by atoms with E-state index in [0.717, 1.165) is 43.1 Å². The first kappa shape index (κ1) is 20.5. The van der Waals surface area contributed by atoms with Crippen LogP contribution in [-0.4, -0.2) is 47.3 Å². The van der Waals surface area contributed by atoms with E-state index in [9.17, 15) is 4.79 Å². The molecule has 1 saturated heterocycles. The number of hydrogen-bond donors (Lipinski definition) is 1. The molecule has 1 aliphatic carbocycles. The molecule has 32 heavy (non-hydrogen) atoms. The Morgan fingerprint density at radius 2 is 1.78 bits per heavy atom. The predicted octanol–water partition coefficient (Wildman–Crippen LogP) is 4.98. The number of amides is 2. The number of hydrogen-bond acceptors (Lipinski definition) is 5. The summed E-state index contributed by atoms with van der Waals surface area (Å²) in [5.74, 6) is 1.76. The monoisotopic (exact) mass is 431 g/mol. The third-order valence-electron chi connectivity index (χ3n) is 6.77. The highest BCUT2D eigenvalue weighted by Gasteiger charge is 2.26.